The summed E-state index contributed by atoms with van der Waals surface area (Å²) < 4.78 is 0. The Kier molecular flexibility index (Phi) is 2.66. The minimum Gasteiger partial charge on any atom is -0.393 e. The summed E-state index contributed by atoms with van der Waals surface area (Å²) in [7, 11) is 0. The van der Waals surface area contributed by atoms with Crippen molar-refractivity contribution in [1.82, 2.24) is 5.32 Å². The van der Waals surface area contributed by atoms with Crippen LogP contribution in [0.15, 0.2) is 0 Å². The Morgan fingerprint density at radius 3 is 2.25 bits per heavy atom. The van der Waals surface area contributed by atoms with Gasteiger partial charge in [-0.3, -0.25) is 0 Å². The van der Waals surface area contributed by atoms with Gasteiger partial charge in [0.25, 0.3) is 0 Å². The van der Waals surface area contributed by atoms with E-state index in [4.69, 9.17) is 0 Å². The fraction of sp³-hybridized carbons (Fsp3) is 1.00. The van der Waals surface area contributed by atoms with E-state index in [2.05, 4.69) is 5.32 Å². The molecule has 0 radical (unpaired) electrons. The highest BCUT2D eigenvalue weighted by atomic mass is 16.3. The Hall–Kier alpha value is -0.0800. The molecule has 2 rings (SSSR count). The van der Waals surface area contributed by atoms with Gasteiger partial charge in [0, 0.05) is 6.04 Å². The minimum absolute atomic E-state index is 0.0102. The summed E-state index contributed by atoms with van der Waals surface area (Å²) in [5, 5.41) is 12.9. The van der Waals surface area contributed by atoms with E-state index in [1.807, 2.05) is 0 Å². The van der Waals surface area contributed by atoms with Crippen LogP contribution in [0.2, 0.25) is 0 Å². The number of aliphatic hydroxyl groups excluding tert-OH is 1. The molecule has 2 aliphatic carbocycles. The fourth-order valence-electron chi connectivity index (χ4n) is 1.94. The number of aliphatic hydroxyl groups is 1. The van der Waals surface area contributed by atoms with E-state index < -0.39 is 0 Å². The molecule has 2 nitrogen and oxygen atoms in total. The first-order chi connectivity index (χ1) is 5.84. The molecule has 2 fully saturated rings. The Morgan fingerprint density at radius 1 is 1.00 bits per heavy atom. The van der Waals surface area contributed by atoms with Gasteiger partial charge in [0.1, 0.15) is 0 Å². The van der Waals surface area contributed by atoms with Gasteiger partial charge in [0.05, 0.1) is 6.10 Å². The van der Waals surface area contributed by atoms with Gasteiger partial charge in [-0.05, 0) is 51.0 Å². The zero-order valence-electron chi connectivity index (χ0n) is 7.63. The van der Waals surface area contributed by atoms with Gasteiger partial charge in [0.2, 0.25) is 0 Å². The highest BCUT2D eigenvalue weighted by molar-refractivity contribution is 4.81. The SMILES string of the molecule is OC1CCC(NCC2CC2)CC1. The van der Waals surface area contributed by atoms with Gasteiger partial charge in [-0.25, -0.2) is 0 Å². The van der Waals surface area contributed by atoms with Gasteiger partial charge < -0.3 is 10.4 Å². The van der Waals surface area contributed by atoms with Crippen LogP contribution in [0, 0.1) is 5.92 Å². The molecule has 2 saturated carbocycles. The molecule has 0 aromatic carbocycles. The molecule has 70 valence electrons. The summed E-state index contributed by atoms with van der Waals surface area (Å²) in [6.45, 7) is 1.22. The van der Waals surface area contributed by atoms with Crippen LogP contribution in [0.4, 0.5) is 0 Å². The van der Waals surface area contributed by atoms with Crippen molar-refractivity contribution < 1.29 is 5.11 Å². The van der Waals surface area contributed by atoms with E-state index in [9.17, 15) is 5.11 Å². The van der Waals surface area contributed by atoms with Crippen LogP contribution in [-0.2, 0) is 0 Å². The predicted molar refractivity (Wildman–Crippen MR) is 49.0 cm³/mol. The van der Waals surface area contributed by atoms with Crippen LogP contribution in [0.1, 0.15) is 38.5 Å². The lowest BCUT2D eigenvalue weighted by atomic mass is 9.93. The van der Waals surface area contributed by atoms with Gasteiger partial charge in [-0.1, -0.05) is 0 Å². The third kappa shape index (κ3) is 2.46. The monoisotopic (exact) mass is 169 g/mol. The summed E-state index contributed by atoms with van der Waals surface area (Å²) in [5.41, 5.74) is 0. The zero-order chi connectivity index (χ0) is 8.39. The predicted octanol–water partition coefficient (Wildman–Crippen LogP) is 1.29. The van der Waals surface area contributed by atoms with Crippen LogP contribution in [0.3, 0.4) is 0 Å². The molecule has 0 aliphatic heterocycles. The normalized spacial score (nSPS) is 36.8. The standard InChI is InChI=1S/C10H19NO/c12-10-5-3-9(4-6-10)11-7-8-1-2-8/h8-12H,1-7H2. The lowest BCUT2D eigenvalue weighted by Crippen LogP contribution is -2.35. The van der Waals surface area contributed by atoms with Crippen molar-refractivity contribution in [2.45, 2.75) is 50.7 Å². The highest BCUT2D eigenvalue weighted by Gasteiger charge is 2.24. The van der Waals surface area contributed by atoms with E-state index in [1.54, 1.807) is 0 Å². The first-order valence-electron chi connectivity index (χ1n) is 5.26. The Balaban J connectivity index is 1.60. The molecule has 2 N–H and O–H groups in total. The maximum absolute atomic E-state index is 9.29. The number of nitrogens with one attached hydrogen (secondary N) is 1. The van der Waals surface area contributed by atoms with Gasteiger partial charge in [-0.2, -0.15) is 0 Å². The summed E-state index contributed by atoms with van der Waals surface area (Å²) in [4.78, 5) is 0. The Labute approximate surface area is 74.4 Å². The third-order valence-electron chi connectivity index (χ3n) is 3.09. The zero-order valence-corrected chi connectivity index (χ0v) is 7.63. The summed E-state index contributed by atoms with van der Waals surface area (Å²) in [6, 6.07) is 0.703. The van der Waals surface area contributed by atoms with Crippen molar-refractivity contribution in [3.8, 4) is 0 Å². The molecule has 12 heavy (non-hydrogen) atoms. The topological polar surface area (TPSA) is 32.3 Å². The average molecular weight is 169 g/mol. The van der Waals surface area contributed by atoms with Gasteiger partial charge in [-0.15, -0.1) is 0 Å². The molecular weight excluding hydrogens is 150 g/mol. The van der Waals surface area contributed by atoms with Crippen LogP contribution < -0.4 is 5.32 Å². The van der Waals surface area contributed by atoms with E-state index in [0.29, 0.717) is 6.04 Å². The van der Waals surface area contributed by atoms with Crippen LogP contribution >= 0.6 is 0 Å². The second-order valence-corrected chi connectivity index (χ2v) is 4.36. The second kappa shape index (κ2) is 3.75. The molecule has 0 heterocycles. The van der Waals surface area contributed by atoms with E-state index in [1.165, 1.54) is 32.2 Å². The van der Waals surface area contributed by atoms with Crippen molar-refractivity contribution in [3.05, 3.63) is 0 Å². The van der Waals surface area contributed by atoms with Gasteiger partial charge >= 0.3 is 0 Å². The van der Waals surface area contributed by atoms with Crippen molar-refractivity contribution in [3.63, 3.8) is 0 Å². The van der Waals surface area contributed by atoms with Crippen LogP contribution in [0.25, 0.3) is 0 Å². The molecule has 2 heteroatoms. The Morgan fingerprint density at radius 2 is 1.67 bits per heavy atom. The summed E-state index contributed by atoms with van der Waals surface area (Å²) in [5.74, 6) is 0.983. The second-order valence-electron chi connectivity index (χ2n) is 4.36. The maximum atomic E-state index is 9.29. The molecule has 0 saturated heterocycles. The number of hydrogen-bond donors (Lipinski definition) is 2. The maximum Gasteiger partial charge on any atom is 0.0541 e. The van der Waals surface area contributed by atoms with E-state index >= 15 is 0 Å². The molecule has 2 aliphatic rings. The van der Waals surface area contributed by atoms with Crippen LogP contribution in [-0.4, -0.2) is 23.8 Å². The smallest absolute Gasteiger partial charge is 0.0541 e. The first kappa shape index (κ1) is 8.52. The first-order valence-corrected chi connectivity index (χ1v) is 5.26. The lowest BCUT2D eigenvalue weighted by molar-refractivity contribution is 0.116. The third-order valence-corrected chi connectivity index (χ3v) is 3.09. The number of hydrogen-bond acceptors (Lipinski definition) is 2. The lowest BCUT2D eigenvalue weighted by Gasteiger charge is -2.26. The quantitative estimate of drug-likeness (QED) is 0.667. The summed E-state index contributed by atoms with van der Waals surface area (Å²) in [6.07, 6.45) is 7.21. The largest absolute Gasteiger partial charge is 0.393 e. The average Bonchev–Trinajstić information content (AvgIpc) is 2.87. The van der Waals surface area contributed by atoms with Crippen molar-refractivity contribution in [2.75, 3.05) is 6.54 Å². The minimum atomic E-state index is -0.0102. The van der Waals surface area contributed by atoms with Crippen molar-refractivity contribution in [1.29, 1.82) is 0 Å². The van der Waals surface area contributed by atoms with E-state index in [-0.39, 0.29) is 6.10 Å². The molecular formula is C10H19NO. The molecule has 0 atom stereocenters. The Bertz CT molecular complexity index is 137. The summed E-state index contributed by atoms with van der Waals surface area (Å²) >= 11 is 0. The molecule has 0 amide bonds. The van der Waals surface area contributed by atoms with Crippen molar-refractivity contribution in [2.24, 2.45) is 5.92 Å². The molecule has 0 unspecified atom stereocenters. The van der Waals surface area contributed by atoms with Crippen molar-refractivity contribution >= 4 is 0 Å². The fourth-order valence-corrected chi connectivity index (χ4v) is 1.94. The highest BCUT2D eigenvalue weighted by Crippen LogP contribution is 2.28. The van der Waals surface area contributed by atoms with Gasteiger partial charge in [0.15, 0.2) is 0 Å². The number of rotatable bonds is 3. The molecule has 0 aromatic heterocycles. The van der Waals surface area contributed by atoms with E-state index in [0.717, 1.165) is 18.8 Å². The van der Waals surface area contributed by atoms with Crippen LogP contribution in [0.5, 0.6) is 0 Å². The molecule has 0 bridgehead atoms. The molecule has 0 spiro atoms. The molecule has 0 aromatic rings.